The quantitative estimate of drug-likeness (QED) is 0.516. The fraction of sp³-hybridized carbons (Fsp3) is 0.353. The molecule has 26 heavy (non-hydrogen) atoms. The predicted molar refractivity (Wildman–Crippen MR) is 103 cm³/mol. The van der Waals surface area contributed by atoms with Crippen LogP contribution in [0.2, 0.25) is 0 Å². The largest absolute Gasteiger partial charge is 0.356 e. The van der Waals surface area contributed by atoms with Crippen molar-refractivity contribution in [1.82, 2.24) is 10.6 Å². The average Bonchev–Trinajstić information content (AvgIpc) is 2.92. The van der Waals surface area contributed by atoms with E-state index in [0.29, 0.717) is 23.1 Å². The third kappa shape index (κ3) is 5.69. The fourth-order valence-electron chi connectivity index (χ4n) is 2.23. The van der Waals surface area contributed by atoms with Gasteiger partial charge < -0.3 is 16.0 Å². The number of thioether (sulfide) groups is 1. The number of nitrogens with one attached hydrogen (secondary N) is 3. The molecule has 8 nitrogen and oxygen atoms in total. The van der Waals surface area contributed by atoms with Crippen LogP contribution in [-0.4, -0.2) is 40.4 Å². The first-order chi connectivity index (χ1) is 12.4. The zero-order chi connectivity index (χ0) is 19.1. The molecule has 1 aromatic rings. The fourth-order valence-corrected chi connectivity index (χ4v) is 3.15. The van der Waals surface area contributed by atoms with E-state index < -0.39 is 5.25 Å². The lowest BCUT2D eigenvalue weighted by Crippen LogP contribution is -2.31. The van der Waals surface area contributed by atoms with E-state index in [2.05, 4.69) is 26.2 Å². The van der Waals surface area contributed by atoms with E-state index in [0.717, 1.165) is 5.56 Å². The minimum Gasteiger partial charge on any atom is -0.356 e. The third-order valence-corrected chi connectivity index (χ3v) is 4.48. The van der Waals surface area contributed by atoms with E-state index in [9.17, 15) is 14.4 Å². The van der Waals surface area contributed by atoms with E-state index in [1.54, 1.807) is 25.1 Å². The maximum atomic E-state index is 11.9. The van der Waals surface area contributed by atoms with Gasteiger partial charge in [0.2, 0.25) is 17.7 Å². The molecular weight excluding hydrogens is 354 g/mol. The number of anilines is 1. The molecule has 1 fully saturated rings. The highest BCUT2D eigenvalue weighted by atomic mass is 32.2. The maximum absolute atomic E-state index is 11.9. The highest BCUT2D eigenvalue weighted by Gasteiger charge is 2.32. The van der Waals surface area contributed by atoms with Gasteiger partial charge in [-0.3, -0.25) is 14.4 Å². The van der Waals surface area contributed by atoms with Crippen molar-refractivity contribution in [2.45, 2.75) is 32.4 Å². The van der Waals surface area contributed by atoms with Crippen LogP contribution >= 0.6 is 11.8 Å². The van der Waals surface area contributed by atoms with E-state index in [-0.39, 0.29) is 24.1 Å². The minimum atomic E-state index is -0.501. The van der Waals surface area contributed by atoms with Crippen molar-refractivity contribution in [3.8, 4) is 0 Å². The van der Waals surface area contributed by atoms with Crippen molar-refractivity contribution in [3.63, 3.8) is 0 Å². The zero-order valence-corrected chi connectivity index (χ0v) is 15.6. The predicted octanol–water partition coefficient (Wildman–Crippen LogP) is 1.48. The first-order valence-corrected chi connectivity index (χ1v) is 9.01. The summed E-state index contributed by atoms with van der Waals surface area (Å²) in [7, 11) is 0. The number of hydrogen-bond donors (Lipinski definition) is 3. The lowest BCUT2D eigenvalue weighted by Gasteiger charge is -2.05. The minimum absolute atomic E-state index is 0.102. The van der Waals surface area contributed by atoms with Crippen molar-refractivity contribution in [3.05, 3.63) is 29.8 Å². The molecule has 0 aromatic heterocycles. The number of carbonyl (C=O) groups is 3. The molecule has 3 N–H and O–H groups in total. The Morgan fingerprint density at radius 3 is 2.77 bits per heavy atom. The summed E-state index contributed by atoms with van der Waals surface area (Å²) >= 11 is 1.19. The summed E-state index contributed by atoms with van der Waals surface area (Å²) in [4.78, 5) is 34.7. The highest BCUT2D eigenvalue weighted by molar-refractivity contribution is 8.15. The molecule has 1 aromatic carbocycles. The summed E-state index contributed by atoms with van der Waals surface area (Å²) in [5.41, 5.74) is 2.10. The molecule has 1 atom stereocenters. The molecule has 0 spiro atoms. The van der Waals surface area contributed by atoms with Crippen LogP contribution in [0, 0.1) is 0 Å². The number of amidine groups is 1. The SMILES string of the molecule is CCNC(=O)C[C@H]1S/C(=N/N=C(/C)c2cccc(NC(C)=O)c2)NC1=O. The van der Waals surface area contributed by atoms with Gasteiger partial charge in [-0.15, -0.1) is 5.10 Å². The van der Waals surface area contributed by atoms with Gasteiger partial charge in [-0.1, -0.05) is 23.9 Å². The molecule has 0 radical (unpaired) electrons. The van der Waals surface area contributed by atoms with Crippen LogP contribution in [-0.2, 0) is 14.4 Å². The maximum Gasteiger partial charge on any atom is 0.240 e. The molecule has 1 heterocycles. The van der Waals surface area contributed by atoms with Crippen molar-refractivity contribution >= 4 is 46.1 Å². The van der Waals surface area contributed by atoms with Gasteiger partial charge in [0.25, 0.3) is 0 Å². The van der Waals surface area contributed by atoms with E-state index in [4.69, 9.17) is 0 Å². The molecule has 138 valence electrons. The van der Waals surface area contributed by atoms with Gasteiger partial charge in [0.05, 0.1) is 5.71 Å². The van der Waals surface area contributed by atoms with Gasteiger partial charge in [-0.2, -0.15) is 5.10 Å². The van der Waals surface area contributed by atoms with Crippen molar-refractivity contribution in [1.29, 1.82) is 0 Å². The lowest BCUT2D eigenvalue weighted by atomic mass is 10.1. The van der Waals surface area contributed by atoms with Gasteiger partial charge in [-0.05, 0) is 31.5 Å². The average molecular weight is 375 g/mol. The van der Waals surface area contributed by atoms with Crippen LogP contribution in [0.1, 0.15) is 32.8 Å². The monoisotopic (exact) mass is 375 g/mol. The number of amides is 3. The Morgan fingerprint density at radius 1 is 1.31 bits per heavy atom. The molecule has 0 aliphatic carbocycles. The molecule has 2 rings (SSSR count). The van der Waals surface area contributed by atoms with E-state index in [1.807, 2.05) is 13.0 Å². The van der Waals surface area contributed by atoms with Gasteiger partial charge in [-0.25, -0.2) is 0 Å². The Hall–Kier alpha value is -2.68. The van der Waals surface area contributed by atoms with E-state index >= 15 is 0 Å². The summed E-state index contributed by atoms with van der Waals surface area (Å²) < 4.78 is 0. The molecule has 0 unspecified atom stereocenters. The normalized spacial score (nSPS) is 18.6. The molecule has 1 saturated heterocycles. The number of nitrogens with zero attached hydrogens (tertiary/aromatic N) is 2. The highest BCUT2D eigenvalue weighted by Crippen LogP contribution is 2.22. The summed E-state index contributed by atoms with van der Waals surface area (Å²) in [6.45, 7) is 5.58. The standard InChI is InChI=1S/C17H21N5O3S/c1-4-18-15(24)9-14-16(25)20-17(26-14)22-21-10(2)12-6-5-7-13(8-12)19-11(3)23/h5-8,14H,4,9H2,1-3H3,(H,18,24)(H,19,23)(H,20,22,25)/b21-10-/t14-/m1/s1. The van der Waals surface area contributed by atoms with Crippen molar-refractivity contribution in [2.24, 2.45) is 10.2 Å². The van der Waals surface area contributed by atoms with Gasteiger partial charge >= 0.3 is 0 Å². The smallest absolute Gasteiger partial charge is 0.240 e. The second-order valence-electron chi connectivity index (χ2n) is 5.61. The number of benzene rings is 1. The molecule has 1 aliphatic heterocycles. The van der Waals surface area contributed by atoms with Gasteiger partial charge in [0.1, 0.15) is 5.25 Å². The van der Waals surface area contributed by atoms with Crippen LogP contribution < -0.4 is 16.0 Å². The van der Waals surface area contributed by atoms with Crippen molar-refractivity contribution in [2.75, 3.05) is 11.9 Å². The van der Waals surface area contributed by atoms with Crippen LogP contribution in [0.3, 0.4) is 0 Å². The van der Waals surface area contributed by atoms with Crippen LogP contribution in [0.4, 0.5) is 5.69 Å². The number of rotatable bonds is 6. The Balaban J connectivity index is 2.05. The Bertz CT molecular complexity index is 775. The molecular formula is C17H21N5O3S. The Kier molecular flexibility index (Phi) is 6.90. The summed E-state index contributed by atoms with van der Waals surface area (Å²) in [5.74, 6) is -0.573. The lowest BCUT2D eigenvalue weighted by molar-refractivity contribution is -0.125. The zero-order valence-electron chi connectivity index (χ0n) is 14.8. The summed E-state index contributed by atoms with van der Waals surface area (Å²) in [6, 6.07) is 7.23. The molecule has 0 bridgehead atoms. The second-order valence-corrected chi connectivity index (χ2v) is 6.80. The first kappa shape index (κ1) is 19.6. The molecule has 3 amide bonds. The summed E-state index contributed by atoms with van der Waals surface area (Å²) in [5, 5.41) is 16.1. The van der Waals surface area contributed by atoms with Gasteiger partial charge in [0, 0.05) is 25.6 Å². The Labute approximate surface area is 155 Å². The van der Waals surface area contributed by atoms with Crippen molar-refractivity contribution < 1.29 is 14.4 Å². The van der Waals surface area contributed by atoms with E-state index in [1.165, 1.54) is 18.7 Å². The van der Waals surface area contributed by atoms with Crippen LogP contribution in [0.25, 0.3) is 0 Å². The molecule has 0 saturated carbocycles. The van der Waals surface area contributed by atoms with Gasteiger partial charge in [0.15, 0.2) is 5.17 Å². The second kappa shape index (κ2) is 9.14. The topological polar surface area (TPSA) is 112 Å². The Morgan fingerprint density at radius 2 is 2.08 bits per heavy atom. The first-order valence-electron chi connectivity index (χ1n) is 8.13. The molecule has 9 heteroatoms. The van der Waals surface area contributed by atoms with Crippen LogP contribution in [0.15, 0.2) is 34.5 Å². The number of carbonyl (C=O) groups excluding carboxylic acids is 3. The van der Waals surface area contributed by atoms with Crippen LogP contribution in [0.5, 0.6) is 0 Å². The number of hydrogen-bond acceptors (Lipinski definition) is 6. The summed E-state index contributed by atoms with van der Waals surface area (Å²) in [6.07, 6.45) is 0.102. The third-order valence-electron chi connectivity index (χ3n) is 3.41. The molecule has 1 aliphatic rings.